The Bertz CT molecular complexity index is 585. The van der Waals surface area contributed by atoms with Gasteiger partial charge in [-0.3, -0.25) is 0 Å². The zero-order valence-corrected chi connectivity index (χ0v) is 13.9. The predicted octanol–water partition coefficient (Wildman–Crippen LogP) is 2.50. The highest BCUT2D eigenvalue weighted by Gasteiger charge is 2.39. The first-order valence-electron chi connectivity index (χ1n) is 8.01. The van der Waals surface area contributed by atoms with Gasteiger partial charge in [0.25, 0.3) is 0 Å². The Hall–Kier alpha value is -1.73. The number of ether oxygens (including phenoxy) is 1. The minimum absolute atomic E-state index is 0.00260. The molecule has 0 radical (unpaired) electrons. The maximum absolute atomic E-state index is 13.4. The number of urea groups is 1. The Morgan fingerprint density at radius 1 is 1.46 bits per heavy atom. The van der Waals surface area contributed by atoms with E-state index in [1.54, 1.807) is 0 Å². The number of carbonyl (C=O) groups is 1. The first kappa shape index (κ1) is 18.6. The average molecular weight is 342 g/mol. The van der Waals surface area contributed by atoms with Crippen LogP contribution in [0.15, 0.2) is 18.2 Å². The molecule has 134 valence electrons. The number of hydrogen-bond acceptors (Lipinski definition) is 3. The Morgan fingerprint density at radius 2 is 2.21 bits per heavy atom. The molecule has 24 heavy (non-hydrogen) atoms. The van der Waals surface area contributed by atoms with Crippen LogP contribution in [0.2, 0.25) is 0 Å². The molecule has 1 aliphatic rings. The van der Waals surface area contributed by atoms with E-state index >= 15 is 0 Å². The summed E-state index contributed by atoms with van der Waals surface area (Å²) in [6.07, 6.45) is 2.58. The van der Waals surface area contributed by atoms with Crippen LogP contribution in [-0.2, 0) is 4.74 Å². The molecule has 1 aliphatic carbocycles. The summed E-state index contributed by atoms with van der Waals surface area (Å²) in [6.45, 7) is 2.07. The number of benzene rings is 1. The molecule has 2 amide bonds. The van der Waals surface area contributed by atoms with Crippen molar-refractivity contribution < 1.29 is 23.4 Å². The van der Waals surface area contributed by atoms with Gasteiger partial charge in [0, 0.05) is 18.6 Å². The number of hydrogen-bond donors (Lipinski definition) is 3. The highest BCUT2D eigenvalue weighted by Crippen LogP contribution is 2.37. The molecule has 3 unspecified atom stereocenters. The molecule has 2 rings (SSSR count). The van der Waals surface area contributed by atoms with E-state index in [1.165, 1.54) is 13.2 Å². The summed E-state index contributed by atoms with van der Waals surface area (Å²) in [7, 11) is 1.46. The van der Waals surface area contributed by atoms with E-state index in [1.807, 2.05) is 6.92 Å². The molecule has 3 N–H and O–H groups in total. The summed E-state index contributed by atoms with van der Waals surface area (Å²) in [5, 5.41) is 15.1. The number of aliphatic hydroxyl groups is 1. The quantitative estimate of drug-likeness (QED) is 0.744. The zero-order chi connectivity index (χ0) is 17.7. The second-order valence-electron chi connectivity index (χ2n) is 6.56. The Labute approximate surface area is 140 Å². The van der Waals surface area contributed by atoms with Crippen LogP contribution in [0, 0.1) is 17.0 Å². The number of rotatable bonds is 6. The van der Waals surface area contributed by atoms with Crippen molar-refractivity contribution in [1.82, 2.24) is 10.6 Å². The van der Waals surface area contributed by atoms with Crippen LogP contribution in [0.4, 0.5) is 13.6 Å². The second kappa shape index (κ2) is 7.90. The summed E-state index contributed by atoms with van der Waals surface area (Å²) < 4.78 is 31.6. The van der Waals surface area contributed by atoms with E-state index in [2.05, 4.69) is 10.6 Å². The first-order chi connectivity index (χ1) is 11.4. The van der Waals surface area contributed by atoms with Crippen molar-refractivity contribution in [1.29, 1.82) is 0 Å². The van der Waals surface area contributed by atoms with Gasteiger partial charge in [-0.05, 0) is 30.5 Å². The van der Waals surface area contributed by atoms with Gasteiger partial charge >= 0.3 is 6.03 Å². The van der Waals surface area contributed by atoms with Crippen LogP contribution in [0.25, 0.3) is 0 Å². The van der Waals surface area contributed by atoms with E-state index in [9.17, 15) is 18.7 Å². The van der Waals surface area contributed by atoms with Gasteiger partial charge in [0.1, 0.15) is 0 Å². The summed E-state index contributed by atoms with van der Waals surface area (Å²) in [6, 6.07) is 2.32. The van der Waals surface area contributed by atoms with Crippen molar-refractivity contribution in [2.45, 2.75) is 38.3 Å². The van der Waals surface area contributed by atoms with Crippen molar-refractivity contribution in [3.8, 4) is 0 Å². The number of nitrogens with one attached hydrogen (secondary N) is 2. The third-order valence-corrected chi connectivity index (χ3v) is 4.73. The van der Waals surface area contributed by atoms with Crippen LogP contribution in [0.1, 0.15) is 37.8 Å². The minimum atomic E-state index is -0.973. The van der Waals surface area contributed by atoms with Gasteiger partial charge < -0.3 is 20.5 Å². The lowest BCUT2D eigenvalue weighted by Crippen LogP contribution is -2.49. The third-order valence-electron chi connectivity index (χ3n) is 4.73. The lowest BCUT2D eigenvalue weighted by Gasteiger charge is -2.30. The van der Waals surface area contributed by atoms with Crippen molar-refractivity contribution in [3.05, 3.63) is 35.4 Å². The van der Waals surface area contributed by atoms with Gasteiger partial charge in [-0.1, -0.05) is 19.4 Å². The number of methoxy groups -OCH3 is 1. The van der Waals surface area contributed by atoms with Gasteiger partial charge in [-0.2, -0.15) is 0 Å². The maximum Gasteiger partial charge on any atom is 0.315 e. The van der Waals surface area contributed by atoms with E-state index in [0.717, 1.165) is 31.4 Å². The molecule has 1 aromatic rings. The summed E-state index contributed by atoms with van der Waals surface area (Å²) >= 11 is 0. The number of amides is 2. The lowest BCUT2D eigenvalue weighted by molar-refractivity contribution is 0.119. The maximum atomic E-state index is 13.4. The molecule has 0 spiro atoms. The normalized spacial score (nSPS) is 24.6. The molecular formula is C17H24F2N2O3. The fourth-order valence-corrected chi connectivity index (χ4v) is 3.14. The summed E-state index contributed by atoms with van der Waals surface area (Å²) in [4.78, 5) is 12.3. The van der Waals surface area contributed by atoms with Crippen LogP contribution in [0.5, 0.6) is 0 Å². The summed E-state index contributed by atoms with van der Waals surface area (Å²) in [5.41, 5.74) is 0.0815. The monoisotopic (exact) mass is 342 g/mol. The van der Waals surface area contributed by atoms with Crippen LogP contribution < -0.4 is 10.6 Å². The Morgan fingerprint density at radius 3 is 2.83 bits per heavy atom. The van der Waals surface area contributed by atoms with Gasteiger partial charge in [0.05, 0.1) is 19.3 Å². The molecule has 3 atom stereocenters. The van der Waals surface area contributed by atoms with Crippen molar-refractivity contribution in [2.24, 2.45) is 5.41 Å². The number of halogens is 2. The standard InChI is InChI=1S/C17H24F2N2O3/c1-17(10-22)7-3-4-15(17)21-16(23)20-14(9-24-2)11-5-6-12(18)13(19)8-11/h5-6,8,14-15,22H,3-4,7,9-10H2,1-2H3,(H2,20,21,23). The highest BCUT2D eigenvalue weighted by atomic mass is 19.2. The van der Waals surface area contributed by atoms with Crippen molar-refractivity contribution in [2.75, 3.05) is 20.3 Å². The summed E-state index contributed by atoms with van der Waals surface area (Å²) in [5.74, 6) is -1.91. The molecule has 0 heterocycles. The molecule has 1 aromatic carbocycles. The van der Waals surface area contributed by atoms with Gasteiger partial charge in [0.15, 0.2) is 11.6 Å². The fraction of sp³-hybridized carbons (Fsp3) is 0.588. The average Bonchev–Trinajstić information content (AvgIpc) is 2.91. The molecule has 0 bridgehead atoms. The lowest BCUT2D eigenvalue weighted by atomic mass is 9.86. The van der Waals surface area contributed by atoms with Gasteiger partial charge in [0.2, 0.25) is 0 Å². The number of aliphatic hydroxyl groups excluding tert-OH is 1. The molecule has 0 saturated heterocycles. The van der Waals surface area contributed by atoms with E-state index in [0.29, 0.717) is 5.56 Å². The number of carbonyl (C=O) groups excluding carboxylic acids is 1. The van der Waals surface area contributed by atoms with Gasteiger partial charge in [-0.25, -0.2) is 13.6 Å². The smallest absolute Gasteiger partial charge is 0.315 e. The first-order valence-corrected chi connectivity index (χ1v) is 8.01. The minimum Gasteiger partial charge on any atom is -0.396 e. The predicted molar refractivity (Wildman–Crippen MR) is 85.5 cm³/mol. The molecular weight excluding hydrogens is 318 g/mol. The van der Waals surface area contributed by atoms with Gasteiger partial charge in [-0.15, -0.1) is 0 Å². The largest absolute Gasteiger partial charge is 0.396 e. The molecule has 0 aliphatic heterocycles. The molecule has 1 fully saturated rings. The Kier molecular flexibility index (Phi) is 6.12. The molecule has 1 saturated carbocycles. The van der Waals surface area contributed by atoms with E-state index in [4.69, 9.17) is 4.74 Å². The Balaban J connectivity index is 2.04. The molecule has 7 heteroatoms. The van der Waals surface area contributed by atoms with Crippen molar-refractivity contribution >= 4 is 6.03 Å². The second-order valence-corrected chi connectivity index (χ2v) is 6.56. The van der Waals surface area contributed by atoms with Crippen molar-refractivity contribution in [3.63, 3.8) is 0 Å². The molecule has 5 nitrogen and oxygen atoms in total. The third kappa shape index (κ3) is 4.21. The zero-order valence-electron chi connectivity index (χ0n) is 13.9. The molecule has 0 aromatic heterocycles. The SMILES string of the molecule is COCC(NC(=O)NC1CCCC1(C)CO)c1ccc(F)c(F)c1. The topological polar surface area (TPSA) is 70.6 Å². The highest BCUT2D eigenvalue weighted by molar-refractivity contribution is 5.75. The van der Waals surface area contributed by atoms with E-state index in [-0.39, 0.29) is 24.7 Å². The van der Waals surface area contributed by atoms with E-state index < -0.39 is 23.7 Å². The van der Waals surface area contributed by atoms with Crippen LogP contribution >= 0.6 is 0 Å². The van der Waals surface area contributed by atoms with Crippen LogP contribution in [0.3, 0.4) is 0 Å². The fourth-order valence-electron chi connectivity index (χ4n) is 3.14. The van der Waals surface area contributed by atoms with Crippen LogP contribution in [-0.4, -0.2) is 37.5 Å².